The van der Waals surface area contributed by atoms with E-state index in [9.17, 15) is 0 Å². The van der Waals surface area contributed by atoms with Gasteiger partial charge >= 0.3 is 0 Å². The molecule has 158 valence electrons. The number of aliphatic imine (C=N–C) groups is 1. The lowest BCUT2D eigenvalue weighted by Crippen LogP contribution is -2.31. The minimum absolute atomic E-state index is 0.281. The van der Waals surface area contributed by atoms with Gasteiger partial charge in [0, 0.05) is 28.8 Å². The van der Waals surface area contributed by atoms with Crippen LogP contribution in [0.3, 0.4) is 0 Å². The van der Waals surface area contributed by atoms with Crippen molar-refractivity contribution in [3.8, 4) is 0 Å². The monoisotopic (exact) mass is 392 g/mol. The van der Waals surface area contributed by atoms with Gasteiger partial charge in [-0.25, -0.2) is 4.99 Å². The molecule has 0 N–H and O–H groups in total. The molecule has 1 aliphatic heterocycles. The van der Waals surface area contributed by atoms with Crippen LogP contribution < -0.4 is 0 Å². The van der Waals surface area contributed by atoms with E-state index in [1.54, 1.807) is 0 Å². The Kier molecular flexibility index (Phi) is 9.36. The second-order valence-corrected chi connectivity index (χ2v) is 7.33. The van der Waals surface area contributed by atoms with Crippen molar-refractivity contribution in [2.75, 3.05) is 0 Å². The van der Waals surface area contributed by atoms with Gasteiger partial charge in [-0.05, 0) is 50.8 Å². The zero-order chi connectivity index (χ0) is 22.3. The van der Waals surface area contributed by atoms with E-state index in [-0.39, 0.29) is 5.92 Å². The highest BCUT2D eigenvalue weighted by Crippen LogP contribution is 2.46. The molecule has 1 saturated carbocycles. The summed E-state index contributed by atoms with van der Waals surface area (Å²) >= 11 is 0. The van der Waals surface area contributed by atoms with Gasteiger partial charge < -0.3 is 4.90 Å². The fraction of sp³-hybridized carbons (Fsp3) is 0.444. The summed E-state index contributed by atoms with van der Waals surface area (Å²) in [5.41, 5.74) is 8.06. The predicted octanol–water partition coefficient (Wildman–Crippen LogP) is 8.54. The smallest absolute Gasteiger partial charge is 0.117 e. The summed E-state index contributed by atoms with van der Waals surface area (Å²) in [6.07, 6.45) is 6.26. The maximum atomic E-state index is 5.17. The van der Waals surface area contributed by atoms with Crippen LogP contribution in [0.1, 0.15) is 83.9 Å². The van der Waals surface area contributed by atoms with Crippen LogP contribution in [0.5, 0.6) is 0 Å². The number of amidine groups is 1. The topological polar surface area (TPSA) is 15.6 Å². The number of nitrogens with zero attached hydrogens (tertiary/aromatic N) is 2. The molecule has 0 saturated heterocycles. The number of allylic oxidation sites excluding steroid dienone is 4. The molecule has 0 aromatic heterocycles. The summed E-state index contributed by atoms with van der Waals surface area (Å²) in [5.74, 6) is 1.95. The molecule has 0 radical (unpaired) electrons. The van der Waals surface area contributed by atoms with Crippen molar-refractivity contribution < 1.29 is 0 Å². The van der Waals surface area contributed by atoms with Gasteiger partial charge in [0.05, 0.1) is 5.69 Å². The van der Waals surface area contributed by atoms with Crippen molar-refractivity contribution in [2.45, 2.75) is 74.1 Å². The summed E-state index contributed by atoms with van der Waals surface area (Å²) in [4.78, 5) is 7.39. The van der Waals surface area contributed by atoms with Crippen LogP contribution in [-0.4, -0.2) is 10.7 Å². The maximum absolute atomic E-state index is 5.17. The van der Waals surface area contributed by atoms with E-state index in [0.717, 1.165) is 34.1 Å². The lowest BCUT2D eigenvalue weighted by atomic mass is 9.86. The van der Waals surface area contributed by atoms with Crippen LogP contribution in [0.4, 0.5) is 5.69 Å². The Morgan fingerprint density at radius 2 is 1.76 bits per heavy atom. The highest BCUT2D eigenvalue weighted by molar-refractivity contribution is 6.02. The van der Waals surface area contributed by atoms with Gasteiger partial charge in [-0.1, -0.05) is 78.1 Å². The average molecular weight is 393 g/mol. The number of fused-ring (bicyclic) bond motifs is 1. The number of hydrogen-bond acceptors (Lipinski definition) is 2. The molecule has 0 spiro atoms. The minimum Gasteiger partial charge on any atom is -0.302 e. The van der Waals surface area contributed by atoms with Gasteiger partial charge in [-0.15, -0.1) is 0 Å². The Balaban J connectivity index is 0.000000989. The molecule has 3 rings (SSSR count). The van der Waals surface area contributed by atoms with Crippen LogP contribution in [0.2, 0.25) is 0 Å². The van der Waals surface area contributed by atoms with Crippen molar-refractivity contribution in [3.63, 3.8) is 0 Å². The Morgan fingerprint density at radius 3 is 2.24 bits per heavy atom. The lowest BCUT2D eigenvalue weighted by Gasteiger charge is -2.35. The summed E-state index contributed by atoms with van der Waals surface area (Å²) < 4.78 is 0. The fourth-order valence-corrected chi connectivity index (χ4v) is 3.53. The molecule has 2 nitrogen and oxygen atoms in total. The van der Waals surface area contributed by atoms with Crippen LogP contribution in [0, 0.1) is 12.8 Å². The highest BCUT2D eigenvalue weighted by Gasteiger charge is 2.37. The maximum Gasteiger partial charge on any atom is 0.117 e. The van der Waals surface area contributed by atoms with Crippen LogP contribution >= 0.6 is 0 Å². The summed E-state index contributed by atoms with van der Waals surface area (Å²) in [6, 6.07) is 4.34. The second kappa shape index (κ2) is 11.0. The van der Waals surface area contributed by atoms with E-state index in [0.29, 0.717) is 5.92 Å². The Morgan fingerprint density at radius 1 is 1.17 bits per heavy atom. The van der Waals surface area contributed by atoms with Crippen LogP contribution in [0.15, 0.2) is 60.3 Å². The standard InChI is InChI=1S/C23H28N2.2C2H6/c1-8-9-16(5)25-18(7)20-13-10-15(4)21(17(6)14(2)3)22(20)24-23(25)19-11-12-19;2*1-2/h8-10,13,17,19H,1-2,7,11-12H2,3-6H3;2*1-2H3/b16-9+;;. The molecule has 2 heteroatoms. The molecule has 0 bridgehead atoms. The Hall–Kier alpha value is -2.35. The molecule has 1 fully saturated rings. The van der Waals surface area contributed by atoms with Gasteiger partial charge in [0.15, 0.2) is 0 Å². The Labute approximate surface area is 179 Å². The number of rotatable bonds is 5. The zero-order valence-corrected chi connectivity index (χ0v) is 19.9. The molecule has 1 atom stereocenters. The van der Waals surface area contributed by atoms with Crippen molar-refractivity contribution in [1.29, 1.82) is 0 Å². The van der Waals surface area contributed by atoms with E-state index in [4.69, 9.17) is 4.99 Å². The van der Waals surface area contributed by atoms with Gasteiger partial charge in [0.2, 0.25) is 0 Å². The molecule has 29 heavy (non-hydrogen) atoms. The molecule has 1 aromatic carbocycles. The predicted molar refractivity (Wildman–Crippen MR) is 132 cm³/mol. The van der Waals surface area contributed by atoms with Crippen LogP contribution in [-0.2, 0) is 0 Å². The molecule has 1 unspecified atom stereocenters. The van der Waals surface area contributed by atoms with Crippen molar-refractivity contribution in [3.05, 3.63) is 72.0 Å². The molecule has 1 aromatic rings. The van der Waals surface area contributed by atoms with E-state index in [2.05, 4.69) is 64.5 Å². The third-order valence-corrected chi connectivity index (χ3v) is 5.30. The summed E-state index contributed by atoms with van der Waals surface area (Å²) in [6.45, 7) is 29.0. The second-order valence-electron chi connectivity index (χ2n) is 7.33. The van der Waals surface area contributed by atoms with Crippen molar-refractivity contribution in [1.82, 2.24) is 4.90 Å². The molecule has 1 aliphatic carbocycles. The average Bonchev–Trinajstić information content (AvgIpc) is 3.55. The lowest BCUT2D eigenvalue weighted by molar-refractivity contribution is 0.680. The number of aryl methyl sites for hydroxylation is 1. The first-order valence-electron chi connectivity index (χ1n) is 11.0. The molecule has 0 amide bonds. The largest absolute Gasteiger partial charge is 0.302 e. The summed E-state index contributed by atoms with van der Waals surface area (Å²) in [7, 11) is 0. The highest BCUT2D eigenvalue weighted by atomic mass is 15.2. The first-order valence-corrected chi connectivity index (χ1v) is 11.0. The fourth-order valence-electron chi connectivity index (χ4n) is 3.53. The zero-order valence-electron chi connectivity index (χ0n) is 19.9. The molecule has 1 heterocycles. The van der Waals surface area contributed by atoms with E-state index < -0.39 is 0 Å². The van der Waals surface area contributed by atoms with E-state index >= 15 is 0 Å². The van der Waals surface area contributed by atoms with Gasteiger partial charge in [0.25, 0.3) is 0 Å². The quantitative estimate of drug-likeness (QED) is 0.362. The SMILES string of the molecule is C=C/C=C(\C)N1C(=C)c2ccc(C)c(C(C)C(=C)C)c2N=C1C1CC1.CC.CC. The first-order chi connectivity index (χ1) is 13.9. The minimum atomic E-state index is 0.281. The number of hydrogen-bond donors (Lipinski definition) is 0. The van der Waals surface area contributed by atoms with Crippen molar-refractivity contribution in [2.24, 2.45) is 10.9 Å². The van der Waals surface area contributed by atoms with Crippen molar-refractivity contribution >= 4 is 17.2 Å². The summed E-state index contributed by atoms with van der Waals surface area (Å²) in [5, 5.41) is 0. The number of benzene rings is 1. The van der Waals surface area contributed by atoms with E-state index in [1.807, 2.05) is 39.8 Å². The van der Waals surface area contributed by atoms with Gasteiger partial charge in [-0.2, -0.15) is 0 Å². The van der Waals surface area contributed by atoms with Crippen LogP contribution in [0.25, 0.3) is 5.70 Å². The van der Waals surface area contributed by atoms with E-state index in [1.165, 1.54) is 24.0 Å². The van der Waals surface area contributed by atoms with Gasteiger partial charge in [-0.3, -0.25) is 0 Å². The molecule has 2 aliphatic rings. The normalized spacial score (nSPS) is 16.4. The third kappa shape index (κ3) is 5.18. The molecular formula is C27H40N2. The Bertz CT molecular complexity index is 819. The molecular weight excluding hydrogens is 352 g/mol. The van der Waals surface area contributed by atoms with Gasteiger partial charge in [0.1, 0.15) is 5.84 Å². The third-order valence-electron chi connectivity index (χ3n) is 5.30. The first kappa shape index (κ1) is 24.7.